The highest BCUT2D eigenvalue weighted by Gasteiger charge is 2.31. The number of benzene rings is 4. The van der Waals surface area contributed by atoms with E-state index in [0.717, 1.165) is 65.6 Å². The number of hydrogen-bond donors (Lipinski definition) is 0. The van der Waals surface area contributed by atoms with Crippen LogP contribution in [0.5, 0.6) is 0 Å². The molecule has 1 aromatic heterocycles. The molecule has 0 spiro atoms. The number of amides is 1. The van der Waals surface area contributed by atoms with E-state index in [1.165, 1.54) is 28.6 Å². The van der Waals surface area contributed by atoms with Crippen LogP contribution in [0.15, 0.2) is 126 Å². The summed E-state index contributed by atoms with van der Waals surface area (Å²) in [5.41, 5.74) is 4.29. The highest BCUT2D eigenvalue weighted by atomic mass is 32.2. The summed E-state index contributed by atoms with van der Waals surface area (Å²) in [6.45, 7) is 6.29. The molecule has 7 nitrogen and oxygen atoms in total. The smallest absolute Gasteiger partial charge is 0.416 e. The van der Waals surface area contributed by atoms with Crippen LogP contribution in [0.3, 0.4) is 0 Å². The van der Waals surface area contributed by atoms with Crippen molar-refractivity contribution in [3.63, 3.8) is 0 Å². The molecular weight excluding hydrogens is 712 g/mol. The van der Waals surface area contributed by atoms with Crippen LogP contribution in [-0.4, -0.2) is 40.3 Å². The van der Waals surface area contributed by atoms with Crippen LogP contribution in [0.2, 0.25) is 0 Å². The average molecular weight is 756 g/mol. The molecule has 0 bridgehead atoms. The van der Waals surface area contributed by atoms with Gasteiger partial charge in [-0.3, -0.25) is 4.98 Å². The van der Waals surface area contributed by atoms with E-state index in [9.17, 15) is 26.4 Å². The molecule has 0 radical (unpaired) electrons. The molecule has 1 fully saturated rings. The van der Waals surface area contributed by atoms with Gasteiger partial charge >= 0.3 is 12.3 Å². The van der Waals surface area contributed by atoms with Crippen molar-refractivity contribution in [2.24, 2.45) is 0 Å². The number of halogens is 3. The molecule has 4 aromatic carbocycles. The summed E-state index contributed by atoms with van der Waals surface area (Å²) in [5, 5.41) is 0. The Morgan fingerprint density at radius 2 is 1.19 bits per heavy atom. The summed E-state index contributed by atoms with van der Waals surface area (Å²) in [5.74, 6) is 0. The van der Waals surface area contributed by atoms with Crippen molar-refractivity contribution in [2.75, 3.05) is 0 Å². The number of carbonyl (C=O) groups excluding carboxylic acids is 1. The van der Waals surface area contributed by atoms with E-state index >= 15 is 0 Å². The molecule has 0 aliphatic heterocycles. The summed E-state index contributed by atoms with van der Waals surface area (Å²) in [7, 11) is -4.00. The van der Waals surface area contributed by atoms with Gasteiger partial charge in [0, 0.05) is 38.1 Å². The SMILES string of the molecule is CC(C)(C)OC(=O)N(Cc1ccc(-c2ccc(CN(Cc3cccnc3)S(=O)(=O)c3ccc(-c4ccc(C(F)(F)F)cc4)cc3)cc2)cc1)C1CCCC1. The Labute approximate surface area is 315 Å². The molecule has 0 unspecified atom stereocenters. The van der Waals surface area contributed by atoms with E-state index in [0.29, 0.717) is 17.7 Å². The third-order valence-electron chi connectivity index (χ3n) is 9.47. The lowest BCUT2D eigenvalue weighted by molar-refractivity contribution is -0.137. The Kier molecular flexibility index (Phi) is 11.6. The average Bonchev–Trinajstić information content (AvgIpc) is 3.68. The Balaban J connectivity index is 1.17. The van der Waals surface area contributed by atoms with Crippen LogP contribution in [-0.2, 0) is 40.6 Å². The molecule has 5 aromatic rings. The van der Waals surface area contributed by atoms with Crippen LogP contribution in [0, 0.1) is 0 Å². The van der Waals surface area contributed by atoms with Gasteiger partial charge in [0.25, 0.3) is 0 Å². The number of rotatable bonds is 11. The number of pyridine rings is 1. The van der Waals surface area contributed by atoms with Crippen molar-refractivity contribution in [1.29, 1.82) is 0 Å². The monoisotopic (exact) mass is 755 g/mol. The molecule has 1 heterocycles. The molecule has 0 N–H and O–H groups in total. The summed E-state index contributed by atoms with van der Waals surface area (Å²) in [6.07, 6.45) is 2.68. The van der Waals surface area contributed by atoms with Crippen LogP contribution >= 0.6 is 0 Å². The molecule has 0 atom stereocenters. The number of sulfonamides is 1. The fourth-order valence-corrected chi connectivity index (χ4v) is 8.04. The number of hydrogen-bond acceptors (Lipinski definition) is 5. The van der Waals surface area contributed by atoms with Crippen LogP contribution < -0.4 is 0 Å². The molecule has 1 aliphatic rings. The Morgan fingerprint density at radius 3 is 1.67 bits per heavy atom. The number of alkyl halides is 3. The van der Waals surface area contributed by atoms with Gasteiger partial charge in [-0.05, 0) is 103 Å². The molecule has 11 heteroatoms. The first-order chi connectivity index (χ1) is 25.7. The second-order valence-corrected chi connectivity index (χ2v) is 16.6. The van der Waals surface area contributed by atoms with E-state index in [4.69, 9.17) is 4.74 Å². The van der Waals surface area contributed by atoms with Crippen molar-refractivity contribution in [3.8, 4) is 22.3 Å². The van der Waals surface area contributed by atoms with E-state index in [2.05, 4.69) is 4.98 Å². The predicted molar refractivity (Wildman–Crippen MR) is 203 cm³/mol. The second-order valence-electron chi connectivity index (χ2n) is 14.7. The summed E-state index contributed by atoms with van der Waals surface area (Å²) >= 11 is 0. The predicted octanol–water partition coefficient (Wildman–Crippen LogP) is 10.5. The normalized spacial score (nSPS) is 14.0. The van der Waals surface area contributed by atoms with Crippen molar-refractivity contribution in [2.45, 2.75) is 88.8 Å². The number of aromatic nitrogens is 1. The van der Waals surface area contributed by atoms with Crippen LogP contribution in [0.1, 0.15) is 68.7 Å². The molecule has 54 heavy (non-hydrogen) atoms. The minimum absolute atomic E-state index is 0.0666. The third kappa shape index (κ3) is 9.75. The lowest BCUT2D eigenvalue weighted by Gasteiger charge is -2.31. The maximum absolute atomic E-state index is 14.1. The Bertz CT molecular complexity index is 2110. The van der Waals surface area contributed by atoms with Gasteiger partial charge in [-0.15, -0.1) is 0 Å². The topological polar surface area (TPSA) is 79.8 Å². The molecule has 6 rings (SSSR count). The first-order valence-electron chi connectivity index (χ1n) is 18.0. The fraction of sp³-hybridized carbons (Fsp3) is 0.302. The summed E-state index contributed by atoms with van der Waals surface area (Å²) in [6, 6.07) is 30.5. The lowest BCUT2D eigenvalue weighted by atomic mass is 10.0. The third-order valence-corrected chi connectivity index (χ3v) is 11.3. The zero-order chi connectivity index (χ0) is 38.5. The van der Waals surface area contributed by atoms with Crippen molar-refractivity contribution >= 4 is 16.1 Å². The number of carbonyl (C=O) groups is 1. The molecule has 0 saturated heterocycles. The van der Waals surface area contributed by atoms with Gasteiger partial charge in [-0.1, -0.05) is 91.7 Å². The fourth-order valence-electron chi connectivity index (χ4n) is 6.63. The molecule has 1 amide bonds. The maximum atomic E-state index is 14.1. The molecule has 282 valence electrons. The standard InChI is InChI=1S/C43H44F3N3O4S/c1-42(2,3)53-41(50)49(39-8-4-5-9-39)30-32-12-16-35(17-13-32)34-14-10-31(11-15-34)28-48(29-33-7-6-26-47-27-33)54(51,52)40-24-20-37(21-25-40)36-18-22-38(23-19-36)43(44,45)46/h6-7,10-27,39H,4-5,8-9,28-30H2,1-3H3. The summed E-state index contributed by atoms with van der Waals surface area (Å²) in [4.78, 5) is 19.2. The first kappa shape index (κ1) is 38.7. The van der Waals surface area contributed by atoms with Gasteiger partial charge in [0.15, 0.2) is 0 Å². The van der Waals surface area contributed by atoms with Crippen molar-refractivity contribution < 1.29 is 31.1 Å². The van der Waals surface area contributed by atoms with Crippen molar-refractivity contribution in [3.05, 3.63) is 144 Å². The number of nitrogens with zero attached hydrogens (tertiary/aromatic N) is 3. The van der Waals surface area contributed by atoms with E-state index in [-0.39, 0.29) is 30.1 Å². The second kappa shape index (κ2) is 16.2. The van der Waals surface area contributed by atoms with Gasteiger partial charge in [-0.25, -0.2) is 13.2 Å². The van der Waals surface area contributed by atoms with Gasteiger partial charge in [-0.2, -0.15) is 17.5 Å². The molecule has 1 aliphatic carbocycles. The van der Waals surface area contributed by atoms with Crippen molar-refractivity contribution in [1.82, 2.24) is 14.2 Å². The van der Waals surface area contributed by atoms with Gasteiger partial charge in [0.05, 0.1) is 10.5 Å². The van der Waals surface area contributed by atoms with Gasteiger partial charge < -0.3 is 9.64 Å². The Morgan fingerprint density at radius 1 is 0.704 bits per heavy atom. The Hall–Kier alpha value is -5.00. The zero-order valence-electron chi connectivity index (χ0n) is 30.6. The minimum atomic E-state index is -4.44. The number of ether oxygens (including phenoxy) is 1. The van der Waals surface area contributed by atoms with Crippen LogP contribution in [0.4, 0.5) is 18.0 Å². The van der Waals surface area contributed by atoms with Gasteiger partial charge in [0.1, 0.15) is 5.60 Å². The largest absolute Gasteiger partial charge is 0.444 e. The minimum Gasteiger partial charge on any atom is -0.444 e. The zero-order valence-corrected chi connectivity index (χ0v) is 31.4. The molecular formula is C43H44F3N3O4S. The first-order valence-corrected chi connectivity index (χ1v) is 19.4. The quantitative estimate of drug-likeness (QED) is 0.134. The van der Waals surface area contributed by atoms with Gasteiger partial charge in [0.2, 0.25) is 10.0 Å². The van der Waals surface area contributed by atoms with E-state index in [1.54, 1.807) is 30.6 Å². The summed E-state index contributed by atoms with van der Waals surface area (Å²) < 4.78 is 74.4. The molecule has 1 saturated carbocycles. The highest BCUT2D eigenvalue weighted by molar-refractivity contribution is 7.89. The van der Waals surface area contributed by atoms with E-state index < -0.39 is 27.4 Å². The van der Waals surface area contributed by atoms with E-state index in [1.807, 2.05) is 80.3 Å². The lowest BCUT2D eigenvalue weighted by Crippen LogP contribution is -2.41. The highest BCUT2D eigenvalue weighted by Crippen LogP contribution is 2.32. The maximum Gasteiger partial charge on any atom is 0.416 e. The van der Waals surface area contributed by atoms with Crippen LogP contribution in [0.25, 0.3) is 22.3 Å².